The molecule has 1 saturated heterocycles. The molecule has 1 amide bonds. The van der Waals surface area contributed by atoms with Crippen molar-refractivity contribution in [2.45, 2.75) is 12.4 Å². The minimum atomic E-state index is -5.07. The second kappa shape index (κ2) is 10.2. The van der Waals surface area contributed by atoms with Crippen LogP contribution in [0.2, 0.25) is 0 Å². The maximum atomic E-state index is 13.5. The molecule has 4 rings (SSSR count). The lowest BCUT2D eigenvalue weighted by molar-refractivity contribution is -0.143. The number of rotatable bonds is 6. The molecule has 194 valence electrons. The smallest absolute Gasteiger partial charge is 0.416 e. The van der Waals surface area contributed by atoms with E-state index in [9.17, 15) is 31.1 Å². The van der Waals surface area contributed by atoms with E-state index in [1.165, 1.54) is 7.11 Å². The van der Waals surface area contributed by atoms with Crippen LogP contribution in [0.25, 0.3) is 10.2 Å². The van der Waals surface area contributed by atoms with Gasteiger partial charge in [-0.25, -0.2) is 4.98 Å². The number of carbonyl (C=O) groups is 1. The van der Waals surface area contributed by atoms with Gasteiger partial charge < -0.3 is 9.47 Å². The lowest BCUT2D eigenvalue weighted by atomic mass is 10.0. The fraction of sp³-hybridized carbons (Fsp3) is 0.391. The van der Waals surface area contributed by atoms with Crippen molar-refractivity contribution in [2.75, 3.05) is 51.4 Å². The minimum absolute atomic E-state index is 0.00117. The molecule has 3 aromatic rings. The third kappa shape index (κ3) is 5.90. The third-order valence-corrected chi connectivity index (χ3v) is 6.70. The molecule has 0 atom stereocenters. The number of morpholine rings is 1. The van der Waals surface area contributed by atoms with Crippen LogP contribution in [0.15, 0.2) is 36.4 Å². The molecule has 2 aromatic carbocycles. The Morgan fingerprint density at radius 1 is 1.06 bits per heavy atom. The van der Waals surface area contributed by atoms with Gasteiger partial charge in [-0.3, -0.25) is 14.6 Å². The summed E-state index contributed by atoms with van der Waals surface area (Å²) in [6.45, 7) is 2.48. The van der Waals surface area contributed by atoms with Gasteiger partial charge in [0, 0.05) is 37.8 Å². The zero-order valence-electron chi connectivity index (χ0n) is 18.9. The molecule has 2 heterocycles. The molecule has 13 heteroatoms. The van der Waals surface area contributed by atoms with E-state index in [-0.39, 0.29) is 17.7 Å². The van der Waals surface area contributed by atoms with Gasteiger partial charge in [0.25, 0.3) is 5.91 Å². The van der Waals surface area contributed by atoms with Crippen LogP contribution in [0.4, 0.5) is 31.5 Å². The minimum Gasteiger partial charge on any atom is -0.497 e. The fourth-order valence-corrected chi connectivity index (χ4v) is 4.69. The number of anilines is 1. The van der Waals surface area contributed by atoms with Crippen LogP contribution in [-0.4, -0.2) is 62.3 Å². The maximum Gasteiger partial charge on any atom is 0.416 e. The van der Waals surface area contributed by atoms with E-state index in [2.05, 4.69) is 4.98 Å². The summed E-state index contributed by atoms with van der Waals surface area (Å²) >= 11 is 1.10. The predicted molar refractivity (Wildman–Crippen MR) is 122 cm³/mol. The molecule has 0 bridgehead atoms. The SMILES string of the molecule is COc1ccc2sc(N(CCN3CCOCC3)C(=O)c3cc(C(F)(F)F)cc(C(F)(F)F)c3)nc2c1. The highest BCUT2D eigenvalue weighted by Crippen LogP contribution is 2.37. The van der Waals surface area contributed by atoms with Crippen molar-refractivity contribution in [2.24, 2.45) is 0 Å². The molecule has 0 aliphatic carbocycles. The fourth-order valence-electron chi connectivity index (χ4n) is 3.72. The van der Waals surface area contributed by atoms with Gasteiger partial charge in [-0.15, -0.1) is 0 Å². The van der Waals surface area contributed by atoms with Crippen LogP contribution < -0.4 is 9.64 Å². The van der Waals surface area contributed by atoms with E-state index >= 15 is 0 Å². The summed E-state index contributed by atoms with van der Waals surface area (Å²) in [6.07, 6.45) is -10.1. The van der Waals surface area contributed by atoms with Crippen molar-refractivity contribution in [3.63, 3.8) is 0 Å². The quantitative estimate of drug-likeness (QED) is 0.402. The normalized spacial score (nSPS) is 15.3. The summed E-state index contributed by atoms with van der Waals surface area (Å²) in [7, 11) is 1.47. The third-order valence-electron chi connectivity index (χ3n) is 5.64. The average molecular weight is 533 g/mol. The summed E-state index contributed by atoms with van der Waals surface area (Å²) < 4.78 is 91.5. The van der Waals surface area contributed by atoms with Gasteiger partial charge >= 0.3 is 12.4 Å². The number of hydrogen-bond donors (Lipinski definition) is 0. The molecule has 36 heavy (non-hydrogen) atoms. The number of halogens is 6. The molecule has 0 saturated carbocycles. The molecular weight excluding hydrogens is 512 g/mol. The van der Waals surface area contributed by atoms with E-state index in [0.717, 1.165) is 16.2 Å². The molecule has 1 aliphatic rings. The molecule has 1 aliphatic heterocycles. The number of thiazole rings is 1. The zero-order chi connectivity index (χ0) is 26.1. The molecular formula is C23H21F6N3O3S. The summed E-state index contributed by atoms with van der Waals surface area (Å²) in [4.78, 5) is 21.0. The second-order valence-electron chi connectivity index (χ2n) is 8.04. The molecule has 0 N–H and O–H groups in total. The number of ether oxygens (including phenoxy) is 2. The van der Waals surface area contributed by atoms with Crippen molar-refractivity contribution in [1.29, 1.82) is 0 Å². The van der Waals surface area contributed by atoms with E-state index in [1.54, 1.807) is 18.2 Å². The van der Waals surface area contributed by atoms with Gasteiger partial charge in [-0.2, -0.15) is 26.3 Å². The van der Waals surface area contributed by atoms with Gasteiger partial charge in [0.2, 0.25) is 0 Å². The van der Waals surface area contributed by atoms with Gasteiger partial charge in [-0.1, -0.05) is 11.3 Å². The van der Waals surface area contributed by atoms with Crippen molar-refractivity contribution < 1.29 is 40.6 Å². The van der Waals surface area contributed by atoms with Crippen molar-refractivity contribution in [1.82, 2.24) is 9.88 Å². The Hall–Kier alpha value is -2.90. The molecule has 6 nitrogen and oxygen atoms in total. The van der Waals surface area contributed by atoms with Crippen LogP contribution in [0.5, 0.6) is 5.75 Å². The Kier molecular flexibility index (Phi) is 7.43. The number of alkyl halides is 6. The van der Waals surface area contributed by atoms with E-state index in [1.807, 2.05) is 4.90 Å². The van der Waals surface area contributed by atoms with Crippen LogP contribution in [-0.2, 0) is 17.1 Å². The van der Waals surface area contributed by atoms with Gasteiger partial charge in [-0.05, 0) is 30.3 Å². The Bertz CT molecular complexity index is 1210. The highest BCUT2D eigenvalue weighted by Gasteiger charge is 2.38. The second-order valence-corrected chi connectivity index (χ2v) is 9.04. The Morgan fingerprint density at radius 3 is 2.28 bits per heavy atom. The number of hydrogen-bond acceptors (Lipinski definition) is 6. The van der Waals surface area contributed by atoms with Crippen LogP contribution in [0, 0.1) is 0 Å². The topological polar surface area (TPSA) is 54.9 Å². The number of benzene rings is 2. The predicted octanol–water partition coefficient (Wildman–Crippen LogP) is 5.32. The molecule has 0 radical (unpaired) electrons. The van der Waals surface area contributed by atoms with Gasteiger partial charge in [0.1, 0.15) is 5.75 Å². The Labute approximate surface area is 206 Å². The van der Waals surface area contributed by atoms with Gasteiger partial charge in [0.05, 0.1) is 41.7 Å². The lowest BCUT2D eigenvalue weighted by Gasteiger charge is -2.29. The number of carbonyl (C=O) groups excluding carboxylic acids is 1. The first-order valence-electron chi connectivity index (χ1n) is 10.8. The summed E-state index contributed by atoms with van der Waals surface area (Å²) in [6, 6.07) is 5.91. The van der Waals surface area contributed by atoms with Crippen molar-refractivity contribution in [3.8, 4) is 5.75 Å². The number of nitrogens with zero attached hydrogens (tertiary/aromatic N) is 3. The number of aromatic nitrogens is 1. The van der Waals surface area contributed by atoms with E-state index in [0.29, 0.717) is 60.9 Å². The maximum absolute atomic E-state index is 13.5. The largest absolute Gasteiger partial charge is 0.497 e. The highest BCUT2D eigenvalue weighted by atomic mass is 32.1. The van der Waals surface area contributed by atoms with Crippen LogP contribution in [0.1, 0.15) is 21.5 Å². The molecule has 0 spiro atoms. The summed E-state index contributed by atoms with van der Waals surface area (Å²) in [5.41, 5.74) is -3.35. The number of amides is 1. The Morgan fingerprint density at radius 2 is 1.69 bits per heavy atom. The monoisotopic (exact) mass is 533 g/mol. The number of methoxy groups -OCH3 is 1. The Balaban J connectivity index is 1.75. The lowest BCUT2D eigenvalue weighted by Crippen LogP contribution is -2.43. The first-order chi connectivity index (χ1) is 17.0. The van der Waals surface area contributed by atoms with Crippen LogP contribution in [0.3, 0.4) is 0 Å². The molecule has 1 aromatic heterocycles. The van der Waals surface area contributed by atoms with Crippen molar-refractivity contribution in [3.05, 3.63) is 53.1 Å². The van der Waals surface area contributed by atoms with Crippen molar-refractivity contribution >= 4 is 32.6 Å². The van der Waals surface area contributed by atoms with E-state index in [4.69, 9.17) is 9.47 Å². The van der Waals surface area contributed by atoms with Gasteiger partial charge in [0.15, 0.2) is 5.13 Å². The standard InChI is InChI=1S/C23H21F6N3O3S/c1-34-17-2-3-19-18(13-17)30-21(36-19)32(5-4-31-6-8-35-9-7-31)20(33)14-10-15(22(24,25)26)12-16(11-14)23(27,28)29/h2-3,10-13H,4-9H2,1H3. The zero-order valence-corrected chi connectivity index (χ0v) is 19.8. The van der Waals surface area contributed by atoms with E-state index < -0.39 is 35.0 Å². The van der Waals surface area contributed by atoms with Crippen LogP contribution >= 0.6 is 11.3 Å². The summed E-state index contributed by atoms with van der Waals surface area (Å²) in [5.74, 6) is -0.496. The molecule has 0 unspecified atom stereocenters. The summed E-state index contributed by atoms with van der Waals surface area (Å²) in [5, 5.41) is 0.155. The first kappa shape index (κ1) is 26.2. The number of fused-ring (bicyclic) bond motifs is 1. The molecule has 1 fully saturated rings. The first-order valence-corrected chi connectivity index (χ1v) is 11.6. The highest BCUT2D eigenvalue weighted by molar-refractivity contribution is 7.22. The average Bonchev–Trinajstić information content (AvgIpc) is 3.26.